The van der Waals surface area contributed by atoms with Crippen LogP contribution in [0.1, 0.15) is 33.3 Å². The van der Waals surface area contributed by atoms with Crippen molar-refractivity contribution in [1.82, 2.24) is 0 Å². The highest BCUT2D eigenvalue weighted by Gasteiger charge is 2.52. The third-order valence-electron chi connectivity index (χ3n) is 4.14. The van der Waals surface area contributed by atoms with E-state index < -0.39 is 0 Å². The second kappa shape index (κ2) is 6.05. The molecule has 3 N–H and O–H groups in total. The van der Waals surface area contributed by atoms with Crippen molar-refractivity contribution in [2.24, 2.45) is 5.84 Å². The number of hydrazine groups is 1. The molecule has 1 aliphatic rings. The summed E-state index contributed by atoms with van der Waals surface area (Å²) in [5.74, 6) is 6.01. The molecule has 1 aromatic carbocycles. The van der Waals surface area contributed by atoms with E-state index in [9.17, 15) is 0 Å². The topological polar surface area (TPSA) is 56.5 Å². The number of nitrogens with two attached hydrogens (primary N) is 1. The summed E-state index contributed by atoms with van der Waals surface area (Å²) in [4.78, 5) is 0. The Labute approximate surface area is 132 Å². The van der Waals surface area contributed by atoms with Gasteiger partial charge in [-0.3, -0.25) is 5.84 Å². The first-order valence-electron chi connectivity index (χ1n) is 7.03. The molecule has 21 heavy (non-hydrogen) atoms. The fourth-order valence-corrected chi connectivity index (χ4v) is 2.36. The van der Waals surface area contributed by atoms with E-state index in [2.05, 4.69) is 18.1 Å². The van der Waals surface area contributed by atoms with Crippen LogP contribution in [0, 0.1) is 0 Å². The molecular weight excluding hydrogens is 283 g/mol. The van der Waals surface area contributed by atoms with E-state index in [4.69, 9.17) is 15.2 Å². The van der Waals surface area contributed by atoms with Crippen LogP contribution in [-0.4, -0.2) is 24.1 Å². The molecule has 2 rings (SSSR count). The molecule has 0 bridgehead atoms. The summed E-state index contributed by atoms with van der Waals surface area (Å²) >= 11 is 4.41. The summed E-state index contributed by atoms with van der Waals surface area (Å²) in [6, 6.07) is 7.83. The van der Waals surface area contributed by atoms with Gasteiger partial charge in [0.25, 0.3) is 0 Å². The summed E-state index contributed by atoms with van der Waals surface area (Å²) in [5.41, 5.74) is 4.83. The lowest BCUT2D eigenvalue weighted by atomic mass is 9.78. The molecule has 4 nitrogen and oxygen atoms in total. The van der Waals surface area contributed by atoms with E-state index >= 15 is 0 Å². The zero-order valence-corrected chi connectivity index (χ0v) is 13.9. The third-order valence-corrected chi connectivity index (χ3v) is 4.51. The number of hydrogen-bond acceptors (Lipinski definition) is 5. The first kappa shape index (κ1) is 16.4. The standard InChI is InChI=1S/C15H23BN2O2S/c1-14(2)15(3,4)20-16(19-14)12(10-21)8-11-6-5-7-13(9-11)18-17/h5-9,18,21H,10,17H2,1-4H3. The van der Waals surface area contributed by atoms with Crippen molar-refractivity contribution >= 4 is 31.5 Å². The van der Waals surface area contributed by atoms with Crippen LogP contribution >= 0.6 is 12.6 Å². The quantitative estimate of drug-likeness (QED) is 0.346. The predicted octanol–water partition coefficient (Wildman–Crippen LogP) is 2.92. The van der Waals surface area contributed by atoms with E-state index in [0.29, 0.717) is 5.75 Å². The van der Waals surface area contributed by atoms with Crippen molar-refractivity contribution in [1.29, 1.82) is 0 Å². The number of hydrogen-bond donors (Lipinski definition) is 3. The fourth-order valence-electron chi connectivity index (χ4n) is 2.11. The Morgan fingerprint density at radius 1 is 1.29 bits per heavy atom. The van der Waals surface area contributed by atoms with Crippen molar-refractivity contribution in [3.8, 4) is 0 Å². The van der Waals surface area contributed by atoms with E-state index in [0.717, 1.165) is 16.7 Å². The van der Waals surface area contributed by atoms with Crippen LogP contribution in [0.3, 0.4) is 0 Å². The highest BCUT2D eigenvalue weighted by atomic mass is 32.1. The number of thiol groups is 1. The van der Waals surface area contributed by atoms with Gasteiger partial charge in [0, 0.05) is 11.4 Å². The number of benzene rings is 1. The van der Waals surface area contributed by atoms with Gasteiger partial charge in [0.15, 0.2) is 0 Å². The Kier molecular flexibility index (Phi) is 4.73. The molecule has 6 heteroatoms. The minimum Gasteiger partial charge on any atom is -0.400 e. The smallest absolute Gasteiger partial charge is 0.400 e. The number of nitrogen functional groups attached to an aromatic ring is 1. The third kappa shape index (κ3) is 3.45. The molecule has 0 amide bonds. The fraction of sp³-hybridized carbons (Fsp3) is 0.467. The van der Waals surface area contributed by atoms with Gasteiger partial charge < -0.3 is 14.7 Å². The maximum Gasteiger partial charge on any atom is 0.491 e. The zero-order chi connectivity index (χ0) is 15.7. The molecule has 0 spiro atoms. The lowest BCUT2D eigenvalue weighted by Crippen LogP contribution is -2.41. The van der Waals surface area contributed by atoms with Gasteiger partial charge in [-0.2, -0.15) is 12.6 Å². The molecule has 0 radical (unpaired) electrons. The van der Waals surface area contributed by atoms with Gasteiger partial charge in [-0.1, -0.05) is 18.2 Å². The lowest BCUT2D eigenvalue weighted by molar-refractivity contribution is 0.00578. The number of anilines is 1. The van der Waals surface area contributed by atoms with Crippen molar-refractivity contribution in [3.05, 3.63) is 35.3 Å². The monoisotopic (exact) mass is 306 g/mol. The predicted molar refractivity (Wildman–Crippen MR) is 92.2 cm³/mol. The van der Waals surface area contributed by atoms with Crippen LogP contribution in [0.15, 0.2) is 29.7 Å². The van der Waals surface area contributed by atoms with Gasteiger partial charge in [-0.15, -0.1) is 0 Å². The van der Waals surface area contributed by atoms with Crippen LogP contribution in [0.2, 0.25) is 0 Å². The SMILES string of the molecule is CC1(C)OB(C(=Cc2cccc(NN)c2)CS)OC1(C)C. The summed E-state index contributed by atoms with van der Waals surface area (Å²) in [6.07, 6.45) is 2.04. The summed E-state index contributed by atoms with van der Waals surface area (Å²) in [6.45, 7) is 8.18. The molecular formula is C15H23BN2O2S. The molecule has 1 fully saturated rings. The van der Waals surface area contributed by atoms with Crippen LogP contribution in [0.25, 0.3) is 6.08 Å². The van der Waals surface area contributed by atoms with E-state index in [-0.39, 0.29) is 18.3 Å². The van der Waals surface area contributed by atoms with Crippen LogP contribution in [-0.2, 0) is 9.31 Å². The maximum atomic E-state index is 6.07. The summed E-state index contributed by atoms with van der Waals surface area (Å²) < 4.78 is 12.1. The van der Waals surface area contributed by atoms with Gasteiger partial charge in [0.2, 0.25) is 0 Å². The molecule has 0 unspecified atom stereocenters. The molecule has 0 aliphatic carbocycles. The van der Waals surface area contributed by atoms with Crippen LogP contribution < -0.4 is 11.3 Å². The number of rotatable bonds is 4. The molecule has 114 valence electrons. The second-order valence-corrected chi connectivity index (χ2v) is 6.55. The Hall–Kier alpha value is -0.945. The minimum atomic E-state index is -0.373. The highest BCUT2D eigenvalue weighted by Crippen LogP contribution is 2.39. The lowest BCUT2D eigenvalue weighted by Gasteiger charge is -2.32. The van der Waals surface area contributed by atoms with Gasteiger partial charge in [0.1, 0.15) is 0 Å². The van der Waals surface area contributed by atoms with Gasteiger partial charge in [0.05, 0.1) is 11.2 Å². The highest BCUT2D eigenvalue weighted by molar-refractivity contribution is 7.80. The average molecular weight is 306 g/mol. The number of nitrogens with one attached hydrogen (secondary N) is 1. The first-order chi connectivity index (χ1) is 9.79. The normalized spacial score (nSPS) is 20.7. The van der Waals surface area contributed by atoms with Crippen LogP contribution in [0.4, 0.5) is 5.69 Å². The van der Waals surface area contributed by atoms with Crippen molar-refractivity contribution in [3.63, 3.8) is 0 Å². The van der Waals surface area contributed by atoms with E-state index in [1.807, 2.05) is 58.0 Å². The Morgan fingerprint density at radius 2 is 1.90 bits per heavy atom. The molecule has 1 saturated heterocycles. The van der Waals surface area contributed by atoms with E-state index in [1.54, 1.807) is 0 Å². The largest absolute Gasteiger partial charge is 0.491 e. The second-order valence-electron chi connectivity index (χ2n) is 6.24. The van der Waals surface area contributed by atoms with Crippen molar-refractivity contribution in [2.45, 2.75) is 38.9 Å². The van der Waals surface area contributed by atoms with Gasteiger partial charge in [-0.25, -0.2) is 0 Å². The van der Waals surface area contributed by atoms with Crippen molar-refractivity contribution < 1.29 is 9.31 Å². The molecule has 0 aromatic heterocycles. The van der Waals surface area contributed by atoms with Crippen molar-refractivity contribution in [2.75, 3.05) is 11.2 Å². The minimum absolute atomic E-state index is 0.347. The molecule has 0 saturated carbocycles. The Bertz CT molecular complexity index is 530. The molecule has 0 atom stereocenters. The Morgan fingerprint density at radius 3 is 2.43 bits per heavy atom. The molecule has 1 heterocycles. The summed E-state index contributed by atoms with van der Waals surface area (Å²) in [5, 5.41) is 0. The zero-order valence-electron chi connectivity index (χ0n) is 13.0. The van der Waals surface area contributed by atoms with E-state index in [1.165, 1.54) is 0 Å². The van der Waals surface area contributed by atoms with Crippen LogP contribution in [0.5, 0.6) is 0 Å². The first-order valence-corrected chi connectivity index (χ1v) is 7.66. The van der Waals surface area contributed by atoms with Gasteiger partial charge in [-0.05, 0) is 50.9 Å². The summed E-state index contributed by atoms with van der Waals surface area (Å²) in [7, 11) is -0.373. The average Bonchev–Trinajstić information content (AvgIpc) is 2.65. The Balaban J connectivity index is 2.26. The van der Waals surface area contributed by atoms with Gasteiger partial charge >= 0.3 is 7.12 Å². The maximum absolute atomic E-state index is 6.07. The molecule has 1 aromatic rings. The molecule has 1 aliphatic heterocycles.